The minimum Gasteiger partial charge on any atom is -0.501 e. The highest BCUT2D eigenvalue weighted by Crippen LogP contribution is 2.25. The van der Waals surface area contributed by atoms with E-state index in [1.807, 2.05) is 48.7 Å². The molecule has 6 heterocycles. The van der Waals surface area contributed by atoms with Gasteiger partial charge in [-0.3, -0.25) is 0 Å². The highest BCUT2D eigenvalue weighted by atomic mass is 19.1. The smallest absolute Gasteiger partial charge is 0.334 e. The molecule has 1 N–H and O–H groups in total. The first kappa shape index (κ1) is 65.4. The highest BCUT2D eigenvalue weighted by molar-refractivity contribution is 5.85. The predicted octanol–water partition coefficient (Wildman–Crippen LogP) is 12.1. The number of hydrogen-bond donors (Lipinski definition) is 1. The lowest BCUT2D eigenvalue weighted by molar-refractivity contribution is -0.146. The zero-order valence-corrected chi connectivity index (χ0v) is 48.4. The van der Waals surface area contributed by atoms with Gasteiger partial charge in [0.2, 0.25) is 0 Å². The normalized spacial score (nSPS) is 19.5. The maximum atomic E-state index is 13.4. The molecule has 0 saturated heterocycles. The first-order chi connectivity index (χ1) is 41.1. The van der Waals surface area contributed by atoms with E-state index in [9.17, 15) is 37.1 Å². The summed E-state index contributed by atoms with van der Waals surface area (Å²) in [7, 11) is 6.18. The highest BCUT2D eigenvalue weighted by Gasteiger charge is 2.26. The Morgan fingerprint density at radius 1 is 0.424 bits per heavy atom. The molecule has 0 aliphatic carbocycles. The molecule has 4 aromatic carbocycles. The Morgan fingerprint density at radius 2 is 0.859 bits per heavy atom. The summed E-state index contributed by atoms with van der Waals surface area (Å²) in [5.41, 5.74) is 5.02. The Balaban J connectivity index is 0.000000170. The number of carbonyl (C=O) groups is 5. The maximum absolute atomic E-state index is 13.4. The fourth-order valence-electron chi connectivity index (χ4n) is 9.40. The summed E-state index contributed by atoms with van der Waals surface area (Å²) in [5, 5.41) is 0. The van der Waals surface area contributed by atoms with E-state index in [0.29, 0.717) is 86.4 Å². The number of rotatable bonds is 19. The van der Waals surface area contributed by atoms with Crippen LogP contribution in [0, 0.1) is 17.5 Å². The largest absolute Gasteiger partial charge is 0.501 e. The van der Waals surface area contributed by atoms with Gasteiger partial charge in [0.1, 0.15) is 71.0 Å². The summed E-state index contributed by atoms with van der Waals surface area (Å²) in [4.78, 5) is 59.1. The number of cyclic esters (lactones) is 5. The molecule has 10 rings (SSSR count). The van der Waals surface area contributed by atoms with Crippen molar-refractivity contribution in [1.82, 2.24) is 4.98 Å². The van der Waals surface area contributed by atoms with Crippen molar-refractivity contribution in [3.05, 3.63) is 226 Å². The van der Waals surface area contributed by atoms with E-state index in [1.165, 1.54) is 80.5 Å². The Bertz CT molecular complexity index is 3080. The van der Waals surface area contributed by atoms with Gasteiger partial charge in [0.15, 0.2) is 0 Å². The monoisotopic (exact) mass is 1170 g/mol. The second-order valence-corrected chi connectivity index (χ2v) is 20.2. The number of hydrogen-bond acceptors (Lipinski definition) is 14. The quantitative estimate of drug-likeness (QED) is 0.0608. The first-order valence-corrected chi connectivity index (χ1v) is 28.2. The van der Waals surface area contributed by atoms with Crippen molar-refractivity contribution in [3.63, 3.8) is 0 Å². The van der Waals surface area contributed by atoms with Crippen LogP contribution >= 0.6 is 0 Å². The number of H-pyrrole nitrogens is 1. The van der Waals surface area contributed by atoms with Crippen molar-refractivity contribution in [3.8, 4) is 0 Å². The molecule has 0 radical (unpaired) electrons. The average molecular weight is 1170 g/mol. The molecule has 0 bridgehead atoms. The number of benzene rings is 4. The van der Waals surface area contributed by atoms with Gasteiger partial charge < -0.3 is 47.6 Å². The predicted molar refractivity (Wildman–Crippen MR) is 310 cm³/mol. The van der Waals surface area contributed by atoms with Crippen molar-refractivity contribution < 1.29 is 79.8 Å². The van der Waals surface area contributed by atoms with Crippen LogP contribution in [0.25, 0.3) is 0 Å². The Labute approximate surface area is 494 Å². The third-order valence-electron chi connectivity index (χ3n) is 13.9. The van der Waals surface area contributed by atoms with Crippen LogP contribution in [0.15, 0.2) is 181 Å². The summed E-state index contributed by atoms with van der Waals surface area (Å²) in [6.07, 6.45) is 20.9. The maximum Gasteiger partial charge on any atom is 0.334 e. The second kappa shape index (κ2) is 35.4. The number of aromatic amines is 1. The molecule has 5 atom stereocenters. The first-order valence-electron chi connectivity index (χ1n) is 28.2. The van der Waals surface area contributed by atoms with Gasteiger partial charge in [-0.15, -0.1) is 0 Å². The molecule has 85 heavy (non-hydrogen) atoms. The topological polar surface area (TPSA) is 184 Å². The van der Waals surface area contributed by atoms with Crippen LogP contribution in [0.5, 0.6) is 0 Å². The number of nitrogens with one attached hydrogen (secondary N) is 1. The average Bonchev–Trinajstić information content (AvgIpc) is 4.07. The van der Waals surface area contributed by atoms with E-state index < -0.39 is 5.97 Å². The fourth-order valence-corrected chi connectivity index (χ4v) is 9.40. The molecular weight excluding hydrogens is 1100 g/mol. The van der Waals surface area contributed by atoms with Crippen LogP contribution < -0.4 is 0 Å². The number of carbonyl (C=O) groups excluding carboxylic acids is 5. The molecule has 15 nitrogen and oxygen atoms in total. The van der Waals surface area contributed by atoms with Gasteiger partial charge in [0, 0.05) is 50.1 Å². The van der Waals surface area contributed by atoms with Gasteiger partial charge in [0.25, 0.3) is 0 Å². The van der Waals surface area contributed by atoms with E-state index >= 15 is 0 Å². The molecule has 0 fully saturated rings. The molecule has 18 heteroatoms. The van der Waals surface area contributed by atoms with Gasteiger partial charge in [0.05, 0.1) is 52.7 Å². The number of aryl methyl sites for hydroxylation is 5. The third-order valence-corrected chi connectivity index (χ3v) is 13.9. The molecule has 0 spiro atoms. The van der Waals surface area contributed by atoms with Crippen LogP contribution in [0.2, 0.25) is 0 Å². The molecule has 0 saturated carbocycles. The molecule has 1 aromatic heterocycles. The van der Waals surface area contributed by atoms with Gasteiger partial charge in [-0.2, -0.15) is 0 Å². The van der Waals surface area contributed by atoms with Crippen LogP contribution in [0.1, 0.15) is 92.2 Å². The molecule has 5 aromatic rings. The van der Waals surface area contributed by atoms with E-state index in [0.717, 1.165) is 55.3 Å². The Kier molecular flexibility index (Phi) is 27.2. The van der Waals surface area contributed by atoms with Crippen LogP contribution in [0.4, 0.5) is 13.2 Å². The van der Waals surface area contributed by atoms with Crippen molar-refractivity contribution in [1.29, 1.82) is 0 Å². The van der Waals surface area contributed by atoms with Gasteiger partial charge in [-0.1, -0.05) is 78.9 Å². The Morgan fingerprint density at radius 3 is 1.33 bits per heavy atom. The van der Waals surface area contributed by atoms with Crippen LogP contribution in [0.3, 0.4) is 0 Å². The number of esters is 5. The van der Waals surface area contributed by atoms with Gasteiger partial charge in [-0.25, -0.2) is 37.1 Å². The Hall–Kier alpha value is -8.80. The standard InChI is InChI=1S/3C14H15FO3.C13H14O2.C12H15NO3/c1-17-13-8-12(18-14(16)9-13)7-4-10-2-5-11(15)6-3-10;1-17-13-8-12(18-14(16)9-13)6-5-10-3-2-4-11(15)7-10;1-17-12-8-11(18-14(16)9-12)7-6-10-4-2-3-5-13(10)15;14-13-8-4-7-12(15-13)10-9-11-5-2-1-3-6-11;1-15-11-7-10(16-12(14)8-11)5-4-9-3-2-6-13-9/h2-3,5-6,9,12H,4,7-8H2,1H3;2-4,7,9,12H,5-6,8H2,1H3;2-5,9,11H,6-8H2,1H3;1-6,8,12H,7,9-10H2;2-3,6,8,10,13H,4-5,7H2,1H3/t2*12-;11-;;/m000../s1. The summed E-state index contributed by atoms with van der Waals surface area (Å²) in [6.45, 7) is 0. The fraction of sp³-hybridized carbons (Fsp3) is 0.358. The lowest BCUT2D eigenvalue weighted by atomic mass is 10.0. The van der Waals surface area contributed by atoms with E-state index in [-0.39, 0.29) is 71.8 Å². The number of aromatic nitrogens is 1. The van der Waals surface area contributed by atoms with E-state index in [1.54, 1.807) is 50.6 Å². The second-order valence-electron chi connectivity index (χ2n) is 20.2. The van der Waals surface area contributed by atoms with Crippen LogP contribution in [-0.4, -0.2) is 93.8 Å². The molecule has 5 aliphatic heterocycles. The summed E-state index contributed by atoms with van der Waals surface area (Å²) in [6, 6.07) is 33.7. The minimum atomic E-state index is -0.392. The van der Waals surface area contributed by atoms with Crippen molar-refractivity contribution >= 4 is 29.8 Å². The molecule has 5 aliphatic rings. The van der Waals surface area contributed by atoms with Gasteiger partial charge in [-0.05, 0) is 129 Å². The molecule has 0 amide bonds. The molecule has 452 valence electrons. The van der Waals surface area contributed by atoms with Crippen molar-refractivity contribution in [2.45, 2.75) is 127 Å². The lowest BCUT2D eigenvalue weighted by Gasteiger charge is -2.22. The van der Waals surface area contributed by atoms with E-state index in [2.05, 4.69) is 17.1 Å². The minimum absolute atomic E-state index is 0.0581. The van der Waals surface area contributed by atoms with Crippen molar-refractivity contribution in [2.24, 2.45) is 0 Å². The number of methoxy groups -OCH3 is 4. The molecular formula is C67H74F3NO14. The summed E-state index contributed by atoms with van der Waals surface area (Å²) >= 11 is 0. The van der Waals surface area contributed by atoms with Gasteiger partial charge >= 0.3 is 29.8 Å². The van der Waals surface area contributed by atoms with E-state index in [4.69, 9.17) is 42.6 Å². The zero-order chi connectivity index (χ0) is 60.8. The summed E-state index contributed by atoms with van der Waals surface area (Å²) in [5.74, 6) is 0.253. The SMILES string of the molecule is COC1=CC(=O)OC(CCc2ccc[nH]2)C1.COC1=CC(=O)O[C@@H](CCc2ccc(F)cc2)C1.COC1=CC(=O)O[C@@H](CCc2cccc(F)c2)C1.COC1=CC(=O)O[C@@H](CCc2ccccc2F)C1.O=C1C=CCC(CCc2ccccc2)O1. The number of halogens is 3. The third kappa shape index (κ3) is 24.5. The summed E-state index contributed by atoms with van der Waals surface area (Å²) < 4.78 is 85.3. The molecule has 2 unspecified atom stereocenters. The number of ether oxygens (including phenoxy) is 9. The lowest BCUT2D eigenvalue weighted by Crippen LogP contribution is -2.23. The van der Waals surface area contributed by atoms with Crippen molar-refractivity contribution in [2.75, 3.05) is 28.4 Å². The van der Waals surface area contributed by atoms with Crippen LogP contribution in [-0.2, 0) is 98.7 Å². The zero-order valence-electron chi connectivity index (χ0n) is 48.4.